The Balaban J connectivity index is 0.00000208. The fourth-order valence-electron chi connectivity index (χ4n) is 2.52. The van der Waals surface area contributed by atoms with E-state index in [-0.39, 0.29) is 24.1 Å². The minimum atomic E-state index is -0.0419. The van der Waals surface area contributed by atoms with E-state index in [9.17, 15) is 9.90 Å². The highest BCUT2D eigenvalue weighted by Crippen LogP contribution is 2.31. The molecule has 1 fully saturated rings. The van der Waals surface area contributed by atoms with E-state index in [1.54, 1.807) is 18.2 Å². The summed E-state index contributed by atoms with van der Waals surface area (Å²) < 4.78 is 0. The number of aromatic nitrogens is 1. The number of amides is 1. The molecule has 1 aliphatic carbocycles. The number of hydrogen-bond acceptors (Lipinski definition) is 5. The third kappa shape index (κ3) is 4.93. The Bertz CT molecular complexity index is 688. The molecule has 1 aromatic heterocycles. The van der Waals surface area contributed by atoms with Crippen molar-refractivity contribution in [3.05, 3.63) is 45.9 Å². The number of carbonyl (C=O) groups excluding carboxylic acids is 1. The maximum atomic E-state index is 12.8. The van der Waals surface area contributed by atoms with Crippen LogP contribution in [0.2, 0.25) is 0 Å². The second-order valence-corrected chi connectivity index (χ2v) is 6.91. The van der Waals surface area contributed by atoms with E-state index < -0.39 is 0 Å². The topological polar surface area (TPSA) is 79.5 Å². The van der Waals surface area contributed by atoms with Crippen LogP contribution in [0, 0.1) is 5.92 Å². The summed E-state index contributed by atoms with van der Waals surface area (Å²) in [5.41, 5.74) is 6.97. The lowest BCUT2D eigenvalue weighted by Gasteiger charge is -2.22. The molecule has 3 N–H and O–H groups in total. The Morgan fingerprint density at radius 3 is 2.88 bits per heavy atom. The van der Waals surface area contributed by atoms with E-state index in [4.69, 9.17) is 5.73 Å². The van der Waals surface area contributed by atoms with Gasteiger partial charge in [-0.15, -0.1) is 23.7 Å². The summed E-state index contributed by atoms with van der Waals surface area (Å²) in [6, 6.07) is 7.06. The van der Waals surface area contributed by atoms with Crippen LogP contribution in [0.4, 0.5) is 0 Å². The number of rotatable bonds is 7. The SMILES string of the molecule is Cl.NCCc1nc(C(=O)N(Cc2cccc(O)c2)CC2CC2)cs1. The van der Waals surface area contributed by atoms with Gasteiger partial charge < -0.3 is 15.7 Å². The molecule has 0 aliphatic heterocycles. The first-order chi connectivity index (χ1) is 11.2. The predicted octanol–water partition coefficient (Wildman–Crippen LogP) is 2.82. The lowest BCUT2D eigenvalue weighted by atomic mass is 10.2. The van der Waals surface area contributed by atoms with Gasteiger partial charge in [0.05, 0.1) is 5.01 Å². The molecular formula is C17H22ClN3O2S. The van der Waals surface area contributed by atoms with Crippen LogP contribution in [0.15, 0.2) is 29.6 Å². The molecule has 5 nitrogen and oxygen atoms in total. The summed E-state index contributed by atoms with van der Waals surface area (Å²) >= 11 is 1.48. The molecule has 24 heavy (non-hydrogen) atoms. The van der Waals surface area contributed by atoms with Crippen molar-refractivity contribution in [2.45, 2.75) is 25.8 Å². The standard InChI is InChI=1S/C17H21N3O2S.ClH/c18-7-6-16-19-15(11-23-16)17(22)20(9-12-4-5-12)10-13-2-1-3-14(21)8-13;/h1-3,8,11-12,21H,4-7,9-10,18H2;1H. The second-order valence-electron chi connectivity index (χ2n) is 5.96. The summed E-state index contributed by atoms with van der Waals surface area (Å²) in [4.78, 5) is 19.0. The van der Waals surface area contributed by atoms with Crippen molar-refractivity contribution in [3.63, 3.8) is 0 Å². The molecule has 0 radical (unpaired) electrons. The third-order valence-electron chi connectivity index (χ3n) is 3.88. The van der Waals surface area contributed by atoms with Crippen molar-refractivity contribution >= 4 is 29.7 Å². The van der Waals surface area contributed by atoms with Gasteiger partial charge in [-0.3, -0.25) is 4.79 Å². The molecule has 0 bridgehead atoms. The fourth-order valence-corrected chi connectivity index (χ4v) is 3.30. The highest BCUT2D eigenvalue weighted by molar-refractivity contribution is 7.09. The Morgan fingerprint density at radius 2 is 2.21 bits per heavy atom. The molecule has 0 unspecified atom stereocenters. The molecule has 1 aliphatic rings. The van der Waals surface area contributed by atoms with Crippen molar-refractivity contribution in [1.29, 1.82) is 0 Å². The first kappa shape index (κ1) is 18.7. The molecule has 1 heterocycles. The molecule has 1 amide bonds. The Kier molecular flexibility index (Phi) is 6.60. The van der Waals surface area contributed by atoms with Gasteiger partial charge in [0.1, 0.15) is 11.4 Å². The zero-order valence-corrected chi connectivity index (χ0v) is 15.0. The smallest absolute Gasteiger partial charge is 0.273 e. The highest BCUT2D eigenvalue weighted by atomic mass is 35.5. The first-order valence-corrected chi connectivity index (χ1v) is 8.75. The van der Waals surface area contributed by atoms with E-state index in [1.165, 1.54) is 24.2 Å². The van der Waals surface area contributed by atoms with Crippen LogP contribution >= 0.6 is 23.7 Å². The van der Waals surface area contributed by atoms with Gasteiger partial charge in [-0.25, -0.2) is 4.98 Å². The normalized spacial score (nSPS) is 13.4. The lowest BCUT2D eigenvalue weighted by Crippen LogP contribution is -2.32. The molecule has 1 saturated carbocycles. The van der Waals surface area contributed by atoms with E-state index >= 15 is 0 Å². The van der Waals surface area contributed by atoms with Crippen LogP contribution in [0.1, 0.15) is 33.9 Å². The molecule has 7 heteroatoms. The number of nitrogens with zero attached hydrogens (tertiary/aromatic N) is 2. The highest BCUT2D eigenvalue weighted by Gasteiger charge is 2.28. The van der Waals surface area contributed by atoms with Gasteiger partial charge in [-0.05, 0) is 43.0 Å². The van der Waals surface area contributed by atoms with Gasteiger partial charge in [0.15, 0.2) is 0 Å². The van der Waals surface area contributed by atoms with E-state index in [2.05, 4.69) is 4.98 Å². The molecule has 0 spiro atoms. The summed E-state index contributed by atoms with van der Waals surface area (Å²) in [6.45, 7) is 1.78. The van der Waals surface area contributed by atoms with E-state index in [0.29, 0.717) is 31.1 Å². The predicted molar refractivity (Wildman–Crippen MR) is 97.7 cm³/mol. The van der Waals surface area contributed by atoms with Gasteiger partial charge >= 0.3 is 0 Å². The maximum Gasteiger partial charge on any atom is 0.273 e. The summed E-state index contributed by atoms with van der Waals surface area (Å²) in [5.74, 6) is 0.776. The van der Waals surface area contributed by atoms with Gasteiger partial charge in [0.25, 0.3) is 5.91 Å². The largest absolute Gasteiger partial charge is 0.508 e. The number of aromatic hydroxyl groups is 1. The van der Waals surface area contributed by atoms with Crippen molar-refractivity contribution in [2.24, 2.45) is 11.7 Å². The number of thiazole rings is 1. The number of halogens is 1. The maximum absolute atomic E-state index is 12.8. The van der Waals surface area contributed by atoms with Crippen LogP contribution < -0.4 is 5.73 Å². The Morgan fingerprint density at radius 1 is 1.42 bits per heavy atom. The number of phenols is 1. The third-order valence-corrected chi connectivity index (χ3v) is 4.78. The lowest BCUT2D eigenvalue weighted by molar-refractivity contribution is 0.0729. The van der Waals surface area contributed by atoms with Crippen LogP contribution in [-0.2, 0) is 13.0 Å². The fraction of sp³-hybridized carbons (Fsp3) is 0.412. The summed E-state index contributed by atoms with van der Waals surface area (Å²) in [7, 11) is 0. The first-order valence-electron chi connectivity index (χ1n) is 7.87. The quantitative estimate of drug-likeness (QED) is 0.788. The van der Waals surface area contributed by atoms with Crippen molar-refractivity contribution in [2.75, 3.05) is 13.1 Å². The zero-order valence-electron chi connectivity index (χ0n) is 13.4. The monoisotopic (exact) mass is 367 g/mol. The van der Waals surface area contributed by atoms with E-state index in [1.807, 2.05) is 16.3 Å². The summed E-state index contributed by atoms with van der Waals surface area (Å²) in [6.07, 6.45) is 3.06. The van der Waals surface area contributed by atoms with Gasteiger partial charge in [0.2, 0.25) is 0 Å². The van der Waals surface area contributed by atoms with Crippen LogP contribution in [0.25, 0.3) is 0 Å². The minimum absolute atomic E-state index is 0. The second kappa shape index (κ2) is 8.46. The van der Waals surface area contributed by atoms with Crippen LogP contribution in [-0.4, -0.2) is 34.0 Å². The minimum Gasteiger partial charge on any atom is -0.508 e. The number of hydrogen-bond donors (Lipinski definition) is 2. The molecule has 1 aromatic carbocycles. The van der Waals surface area contributed by atoms with E-state index in [0.717, 1.165) is 17.1 Å². The van der Waals surface area contributed by atoms with Crippen LogP contribution in [0.5, 0.6) is 5.75 Å². The molecule has 3 rings (SSSR count). The molecule has 0 atom stereocenters. The average molecular weight is 368 g/mol. The number of nitrogens with two attached hydrogens (primary N) is 1. The Hall–Kier alpha value is -1.63. The average Bonchev–Trinajstić information content (AvgIpc) is 3.22. The number of carbonyl (C=O) groups is 1. The number of benzene rings is 1. The molecule has 2 aromatic rings. The van der Waals surface area contributed by atoms with Gasteiger partial charge in [-0.2, -0.15) is 0 Å². The van der Waals surface area contributed by atoms with Gasteiger partial charge in [0, 0.05) is 24.9 Å². The summed E-state index contributed by atoms with van der Waals surface area (Å²) in [5, 5.41) is 12.3. The Labute approximate surface area is 151 Å². The van der Waals surface area contributed by atoms with Crippen LogP contribution in [0.3, 0.4) is 0 Å². The van der Waals surface area contributed by atoms with Crippen molar-refractivity contribution in [3.8, 4) is 5.75 Å². The van der Waals surface area contributed by atoms with Crippen molar-refractivity contribution in [1.82, 2.24) is 9.88 Å². The van der Waals surface area contributed by atoms with Crippen molar-refractivity contribution < 1.29 is 9.90 Å². The number of phenolic OH excluding ortho intramolecular Hbond substituents is 1. The molecule has 130 valence electrons. The molecule has 0 saturated heterocycles. The van der Waals surface area contributed by atoms with Gasteiger partial charge in [-0.1, -0.05) is 12.1 Å². The molecular weight excluding hydrogens is 346 g/mol. The zero-order chi connectivity index (χ0) is 16.2.